The summed E-state index contributed by atoms with van der Waals surface area (Å²) in [6.07, 6.45) is -0.214. The minimum Gasteiger partial charge on any atom is -0.282 e. The van der Waals surface area contributed by atoms with Gasteiger partial charge in [0.15, 0.2) is 6.19 Å². The molecule has 0 radical (unpaired) electrons. The van der Waals surface area contributed by atoms with Crippen LogP contribution in [0.5, 0.6) is 0 Å². The Hall–Kier alpha value is -0.185. The first-order valence-electron chi connectivity index (χ1n) is 4.27. The summed E-state index contributed by atoms with van der Waals surface area (Å²) in [5.74, 6) is 0.343. The van der Waals surface area contributed by atoms with Crippen LogP contribution in [-0.2, 0) is 0 Å². The van der Waals surface area contributed by atoms with E-state index in [9.17, 15) is 13.0 Å². The molecule has 1 nitrogen and oxygen atoms in total. The normalized spacial score (nSPS) is 28.5. The highest BCUT2D eigenvalue weighted by atomic mass is 19.2. The summed E-state index contributed by atoms with van der Waals surface area (Å²) in [4.78, 5) is 1.23. The summed E-state index contributed by atoms with van der Waals surface area (Å²) < 4.78 is 36.6. The quantitative estimate of drug-likeness (QED) is 0.462. The second-order valence-electron chi connectivity index (χ2n) is 3.45. The van der Waals surface area contributed by atoms with Crippen LogP contribution < -0.4 is 0 Å². The van der Waals surface area contributed by atoms with Crippen molar-refractivity contribution in [2.75, 3.05) is 13.1 Å². The average molecular weight is 179 g/mol. The van der Waals surface area contributed by atoms with Crippen LogP contribution in [0, 0.1) is 5.92 Å². The molecule has 1 fully saturated rings. The van der Waals surface area contributed by atoms with Gasteiger partial charge in [-0.1, -0.05) is 6.92 Å². The van der Waals surface area contributed by atoms with Crippen molar-refractivity contribution in [2.45, 2.75) is 26.0 Å². The van der Waals surface area contributed by atoms with Gasteiger partial charge in [-0.05, 0) is 18.8 Å². The molecule has 70 valence electrons. The van der Waals surface area contributed by atoms with E-state index in [0.717, 1.165) is 12.8 Å². The number of alkyl halides is 1. The topological polar surface area (TPSA) is 3.24 Å². The molecular formula is C7H13BF3N. The maximum absolute atomic E-state index is 12.8. The highest BCUT2D eigenvalue weighted by Gasteiger charge is 2.35. The molecule has 0 saturated carbocycles. The predicted octanol–water partition coefficient (Wildman–Crippen LogP) is 1.98. The van der Waals surface area contributed by atoms with E-state index < -0.39 is 13.5 Å². The zero-order valence-electron chi connectivity index (χ0n) is 7.14. The molecule has 1 heterocycles. The van der Waals surface area contributed by atoms with Crippen LogP contribution in [0.1, 0.15) is 19.8 Å². The van der Waals surface area contributed by atoms with Crippen LogP contribution in [0.15, 0.2) is 0 Å². The van der Waals surface area contributed by atoms with Crippen molar-refractivity contribution in [1.29, 1.82) is 0 Å². The van der Waals surface area contributed by atoms with Crippen LogP contribution in [0.2, 0.25) is 0 Å². The lowest BCUT2D eigenvalue weighted by Crippen LogP contribution is -2.44. The van der Waals surface area contributed by atoms with Crippen LogP contribution in [0.25, 0.3) is 0 Å². The first-order chi connectivity index (χ1) is 5.61. The van der Waals surface area contributed by atoms with Gasteiger partial charge in [0.25, 0.3) is 0 Å². The molecule has 0 N–H and O–H groups in total. The molecule has 1 aliphatic rings. The van der Waals surface area contributed by atoms with Gasteiger partial charge in [-0.3, -0.25) is 13.5 Å². The van der Waals surface area contributed by atoms with E-state index in [1.54, 1.807) is 0 Å². The van der Waals surface area contributed by atoms with Gasteiger partial charge < -0.3 is 0 Å². The molecule has 0 spiro atoms. The molecule has 0 amide bonds. The molecule has 2 atom stereocenters. The Balaban J connectivity index is 2.40. The van der Waals surface area contributed by atoms with E-state index in [1.807, 2.05) is 6.92 Å². The summed E-state index contributed by atoms with van der Waals surface area (Å²) in [6.45, 7) is 2.89. The van der Waals surface area contributed by atoms with Crippen molar-refractivity contribution in [2.24, 2.45) is 5.92 Å². The van der Waals surface area contributed by atoms with Gasteiger partial charge in [0, 0.05) is 13.1 Å². The number of piperidine rings is 1. The van der Waals surface area contributed by atoms with Crippen molar-refractivity contribution in [3.63, 3.8) is 0 Å². The fraction of sp³-hybridized carbons (Fsp3) is 1.00. The van der Waals surface area contributed by atoms with E-state index in [-0.39, 0.29) is 0 Å². The number of halogens is 3. The standard InChI is InChI=1S/C7H13BF3N/c1-6-3-2-4-12(5-6)7(9)8(10)11/h6-7H,2-5H2,1H3. The van der Waals surface area contributed by atoms with Gasteiger partial charge in [0.1, 0.15) is 0 Å². The van der Waals surface area contributed by atoms with E-state index in [2.05, 4.69) is 0 Å². The fourth-order valence-corrected chi connectivity index (χ4v) is 1.61. The summed E-state index contributed by atoms with van der Waals surface area (Å²) in [6, 6.07) is 0. The molecule has 1 saturated heterocycles. The van der Waals surface area contributed by atoms with Crippen LogP contribution in [0.3, 0.4) is 0 Å². The summed E-state index contributed by atoms with van der Waals surface area (Å²) in [7, 11) is -2.87. The Morgan fingerprint density at radius 1 is 1.50 bits per heavy atom. The number of likely N-dealkylation sites (tertiary alicyclic amines) is 1. The van der Waals surface area contributed by atoms with Crippen molar-refractivity contribution in [3.8, 4) is 0 Å². The Morgan fingerprint density at radius 2 is 2.17 bits per heavy atom. The van der Waals surface area contributed by atoms with Crippen LogP contribution in [-0.4, -0.2) is 31.5 Å². The minimum atomic E-state index is -2.87. The number of hydrogen-bond acceptors (Lipinski definition) is 1. The maximum atomic E-state index is 12.8. The largest absolute Gasteiger partial charge is 0.586 e. The minimum absolute atomic E-state index is 0.343. The van der Waals surface area contributed by atoms with Gasteiger partial charge in [0.2, 0.25) is 0 Å². The maximum Gasteiger partial charge on any atom is 0.586 e. The zero-order chi connectivity index (χ0) is 9.14. The zero-order valence-corrected chi connectivity index (χ0v) is 7.14. The lowest BCUT2D eigenvalue weighted by atomic mass is 9.92. The summed E-state index contributed by atoms with van der Waals surface area (Å²) in [5, 5.41) is 0. The molecule has 0 aromatic rings. The first-order valence-corrected chi connectivity index (χ1v) is 4.27. The molecule has 1 rings (SSSR count). The smallest absolute Gasteiger partial charge is 0.282 e. The molecule has 0 aliphatic carbocycles. The Morgan fingerprint density at radius 3 is 2.67 bits per heavy atom. The fourth-order valence-electron chi connectivity index (χ4n) is 1.61. The molecule has 0 bridgehead atoms. The van der Waals surface area contributed by atoms with E-state index in [0.29, 0.717) is 19.0 Å². The van der Waals surface area contributed by atoms with E-state index in [4.69, 9.17) is 0 Å². The van der Waals surface area contributed by atoms with Crippen molar-refractivity contribution < 1.29 is 13.0 Å². The molecule has 5 heteroatoms. The molecule has 12 heavy (non-hydrogen) atoms. The monoisotopic (exact) mass is 179 g/mol. The van der Waals surface area contributed by atoms with Crippen LogP contribution in [0.4, 0.5) is 13.0 Å². The van der Waals surface area contributed by atoms with Gasteiger partial charge in [0.05, 0.1) is 0 Å². The van der Waals surface area contributed by atoms with Gasteiger partial charge in [-0.25, -0.2) is 4.39 Å². The second-order valence-corrected chi connectivity index (χ2v) is 3.45. The predicted molar refractivity (Wildman–Crippen MR) is 42.8 cm³/mol. The van der Waals surface area contributed by atoms with E-state index in [1.165, 1.54) is 4.90 Å². The lowest BCUT2D eigenvalue weighted by Gasteiger charge is -2.32. The summed E-state index contributed by atoms with van der Waals surface area (Å²) >= 11 is 0. The first kappa shape index (κ1) is 9.90. The third-order valence-electron chi connectivity index (χ3n) is 2.25. The van der Waals surface area contributed by atoms with Gasteiger partial charge in [-0.2, -0.15) is 0 Å². The highest BCUT2D eigenvalue weighted by molar-refractivity contribution is 6.44. The van der Waals surface area contributed by atoms with Crippen molar-refractivity contribution >= 4 is 7.27 Å². The number of rotatable bonds is 2. The summed E-state index contributed by atoms with van der Waals surface area (Å²) in [5.41, 5.74) is 0. The van der Waals surface area contributed by atoms with Crippen molar-refractivity contribution in [1.82, 2.24) is 4.90 Å². The molecule has 0 aromatic heterocycles. The van der Waals surface area contributed by atoms with E-state index >= 15 is 0 Å². The third-order valence-corrected chi connectivity index (χ3v) is 2.25. The van der Waals surface area contributed by atoms with Crippen molar-refractivity contribution in [3.05, 3.63) is 0 Å². The molecule has 1 aliphatic heterocycles. The lowest BCUT2D eigenvalue weighted by molar-refractivity contribution is 0.0833. The van der Waals surface area contributed by atoms with Crippen LogP contribution >= 0.6 is 0 Å². The third kappa shape index (κ3) is 2.40. The molecule has 0 aromatic carbocycles. The highest BCUT2D eigenvalue weighted by Crippen LogP contribution is 2.19. The van der Waals surface area contributed by atoms with Gasteiger partial charge >= 0.3 is 7.27 Å². The SMILES string of the molecule is CC1CCCN(C(F)B(F)F)C1. The Kier molecular flexibility index (Phi) is 3.44. The second kappa shape index (κ2) is 4.17. The Labute approximate surface area is 71.1 Å². The van der Waals surface area contributed by atoms with Gasteiger partial charge in [-0.15, -0.1) is 0 Å². The molecular weight excluding hydrogens is 166 g/mol. The number of hydrogen-bond donors (Lipinski definition) is 0. The molecule has 2 unspecified atom stereocenters. The Bertz CT molecular complexity index is 145. The number of nitrogens with zero attached hydrogens (tertiary/aromatic N) is 1. The average Bonchev–Trinajstić information content (AvgIpc) is 2.03.